The predicted molar refractivity (Wildman–Crippen MR) is 75.3 cm³/mol. The normalized spacial score (nSPS) is 14.1. The molecule has 1 heterocycles. The molecule has 0 radical (unpaired) electrons. The summed E-state index contributed by atoms with van der Waals surface area (Å²) in [5, 5.41) is 0.765. The summed E-state index contributed by atoms with van der Waals surface area (Å²) in [6.07, 6.45) is 0. The van der Waals surface area contributed by atoms with E-state index in [1.54, 1.807) is 17.8 Å². The number of fused-ring (bicyclic) bond motifs is 1. The van der Waals surface area contributed by atoms with Crippen molar-refractivity contribution in [2.75, 3.05) is 5.75 Å². The summed E-state index contributed by atoms with van der Waals surface area (Å²) >= 11 is 1.77. The Morgan fingerprint density at radius 3 is 2.72 bits per heavy atom. The zero-order chi connectivity index (χ0) is 13.3. The fourth-order valence-electron chi connectivity index (χ4n) is 1.65. The summed E-state index contributed by atoms with van der Waals surface area (Å²) in [7, 11) is 0. The lowest BCUT2D eigenvalue weighted by Gasteiger charge is -2.19. The number of benzene rings is 1. The van der Waals surface area contributed by atoms with Gasteiger partial charge in [-0.05, 0) is 12.1 Å². The molecule has 2 aromatic rings. The molecule has 4 heteroatoms. The number of rotatable bonds is 3. The first kappa shape index (κ1) is 13.4. The third kappa shape index (κ3) is 3.06. The van der Waals surface area contributed by atoms with Crippen LogP contribution in [0.1, 0.15) is 32.6 Å². The Morgan fingerprint density at radius 1 is 1.39 bits per heavy atom. The van der Waals surface area contributed by atoms with E-state index < -0.39 is 0 Å². The van der Waals surface area contributed by atoms with E-state index in [4.69, 9.17) is 10.2 Å². The summed E-state index contributed by atoms with van der Waals surface area (Å²) in [6, 6.07) is 6.51. The number of furan rings is 1. The third-order valence-corrected chi connectivity index (χ3v) is 3.97. The first-order valence-corrected chi connectivity index (χ1v) is 6.93. The van der Waals surface area contributed by atoms with E-state index in [9.17, 15) is 4.39 Å². The second kappa shape index (κ2) is 4.94. The van der Waals surface area contributed by atoms with Gasteiger partial charge in [0.25, 0.3) is 0 Å². The molecule has 0 aliphatic rings. The zero-order valence-electron chi connectivity index (χ0n) is 10.9. The van der Waals surface area contributed by atoms with Gasteiger partial charge in [0.15, 0.2) is 11.4 Å². The highest BCUT2D eigenvalue weighted by Crippen LogP contribution is 2.30. The number of halogens is 1. The molecule has 2 nitrogen and oxygen atoms in total. The van der Waals surface area contributed by atoms with Crippen molar-refractivity contribution in [1.29, 1.82) is 0 Å². The fourth-order valence-corrected chi connectivity index (χ4v) is 2.50. The van der Waals surface area contributed by atoms with Gasteiger partial charge in [-0.25, -0.2) is 4.39 Å². The number of hydrogen-bond donors (Lipinski definition) is 1. The Kier molecular flexibility index (Phi) is 3.69. The molecule has 1 atom stereocenters. The van der Waals surface area contributed by atoms with Crippen molar-refractivity contribution in [3.05, 3.63) is 35.8 Å². The molecule has 0 fully saturated rings. The molecule has 2 N–H and O–H groups in total. The van der Waals surface area contributed by atoms with Crippen LogP contribution >= 0.6 is 11.8 Å². The Hall–Kier alpha value is -1.00. The van der Waals surface area contributed by atoms with E-state index in [2.05, 4.69) is 20.8 Å². The lowest BCUT2D eigenvalue weighted by atomic mass is 10.2. The van der Waals surface area contributed by atoms with Crippen LogP contribution in [-0.4, -0.2) is 10.5 Å². The molecular weight excluding hydrogens is 249 g/mol. The van der Waals surface area contributed by atoms with Gasteiger partial charge in [-0.3, -0.25) is 0 Å². The van der Waals surface area contributed by atoms with Gasteiger partial charge in [-0.15, -0.1) is 0 Å². The van der Waals surface area contributed by atoms with Gasteiger partial charge in [0.2, 0.25) is 0 Å². The molecule has 2 rings (SSSR count). The van der Waals surface area contributed by atoms with Crippen LogP contribution in [0.4, 0.5) is 4.39 Å². The van der Waals surface area contributed by atoms with E-state index in [1.807, 2.05) is 12.1 Å². The molecule has 0 aliphatic heterocycles. The van der Waals surface area contributed by atoms with Crippen molar-refractivity contribution >= 4 is 22.7 Å². The van der Waals surface area contributed by atoms with Crippen LogP contribution in [0.15, 0.2) is 28.7 Å². The van der Waals surface area contributed by atoms with Gasteiger partial charge in [0.05, 0.1) is 6.04 Å². The lowest BCUT2D eigenvalue weighted by Crippen LogP contribution is -2.17. The highest BCUT2D eigenvalue weighted by Gasteiger charge is 2.18. The molecule has 1 unspecified atom stereocenters. The van der Waals surface area contributed by atoms with Crippen LogP contribution in [0.3, 0.4) is 0 Å². The van der Waals surface area contributed by atoms with Crippen molar-refractivity contribution < 1.29 is 8.81 Å². The SMILES string of the molecule is CC(C)(C)SCC(N)c1cc2cccc(F)c2o1. The maximum atomic E-state index is 13.5. The first-order valence-electron chi connectivity index (χ1n) is 5.94. The summed E-state index contributed by atoms with van der Waals surface area (Å²) in [4.78, 5) is 0. The van der Waals surface area contributed by atoms with E-state index in [0.717, 1.165) is 11.1 Å². The first-order chi connectivity index (χ1) is 8.37. The molecule has 18 heavy (non-hydrogen) atoms. The van der Waals surface area contributed by atoms with Gasteiger partial charge < -0.3 is 10.2 Å². The highest BCUT2D eigenvalue weighted by atomic mass is 32.2. The topological polar surface area (TPSA) is 39.2 Å². The molecule has 0 aliphatic carbocycles. The van der Waals surface area contributed by atoms with Crippen molar-refractivity contribution in [2.24, 2.45) is 5.73 Å². The van der Waals surface area contributed by atoms with Crippen LogP contribution in [0.5, 0.6) is 0 Å². The average molecular weight is 267 g/mol. The Morgan fingerprint density at radius 2 is 2.11 bits per heavy atom. The standard InChI is InChI=1S/C14H18FNOS/c1-14(2,3)18-8-11(16)12-7-9-5-4-6-10(15)13(9)17-12/h4-7,11H,8,16H2,1-3H3. The van der Waals surface area contributed by atoms with Crippen LogP contribution in [0.2, 0.25) is 0 Å². The van der Waals surface area contributed by atoms with Crippen LogP contribution in [0.25, 0.3) is 11.0 Å². The Labute approximate surface area is 111 Å². The van der Waals surface area contributed by atoms with Crippen LogP contribution in [-0.2, 0) is 0 Å². The van der Waals surface area contributed by atoms with Crippen molar-refractivity contribution in [2.45, 2.75) is 31.6 Å². The largest absolute Gasteiger partial charge is 0.456 e. The molecular formula is C14H18FNOS. The summed E-state index contributed by atoms with van der Waals surface area (Å²) in [5.74, 6) is 1.06. The Bertz CT molecular complexity index is 544. The number of nitrogens with two attached hydrogens (primary N) is 1. The molecule has 0 bridgehead atoms. The molecule has 1 aromatic carbocycles. The monoisotopic (exact) mass is 267 g/mol. The minimum Gasteiger partial charge on any atom is -0.456 e. The summed E-state index contributed by atoms with van der Waals surface area (Å²) in [5.41, 5.74) is 6.37. The van der Waals surface area contributed by atoms with E-state index in [1.165, 1.54) is 6.07 Å². The minimum absolute atomic E-state index is 0.162. The van der Waals surface area contributed by atoms with Crippen molar-refractivity contribution in [3.63, 3.8) is 0 Å². The fraction of sp³-hybridized carbons (Fsp3) is 0.429. The second-order valence-electron chi connectivity index (χ2n) is 5.34. The summed E-state index contributed by atoms with van der Waals surface area (Å²) < 4.78 is 19.2. The molecule has 0 saturated heterocycles. The number of para-hydroxylation sites is 1. The zero-order valence-corrected chi connectivity index (χ0v) is 11.7. The highest BCUT2D eigenvalue weighted by molar-refractivity contribution is 8.00. The van der Waals surface area contributed by atoms with Crippen LogP contribution < -0.4 is 5.73 Å². The van der Waals surface area contributed by atoms with E-state index in [0.29, 0.717) is 11.3 Å². The molecule has 0 amide bonds. The average Bonchev–Trinajstić information content (AvgIpc) is 2.70. The van der Waals surface area contributed by atoms with E-state index >= 15 is 0 Å². The lowest BCUT2D eigenvalue weighted by molar-refractivity contribution is 0.495. The van der Waals surface area contributed by atoms with Gasteiger partial charge in [-0.2, -0.15) is 11.8 Å². The van der Waals surface area contributed by atoms with E-state index in [-0.39, 0.29) is 16.6 Å². The molecule has 0 spiro atoms. The molecule has 0 saturated carbocycles. The maximum Gasteiger partial charge on any atom is 0.169 e. The molecule has 98 valence electrons. The maximum absolute atomic E-state index is 13.5. The van der Waals surface area contributed by atoms with Crippen molar-refractivity contribution in [1.82, 2.24) is 0 Å². The quantitative estimate of drug-likeness (QED) is 0.909. The third-order valence-electron chi connectivity index (χ3n) is 2.58. The minimum atomic E-state index is -0.338. The second-order valence-corrected chi connectivity index (χ2v) is 7.18. The van der Waals surface area contributed by atoms with Gasteiger partial charge >= 0.3 is 0 Å². The predicted octanol–water partition coefficient (Wildman–Crippen LogP) is 4.10. The Balaban J connectivity index is 2.18. The van der Waals surface area contributed by atoms with Gasteiger partial charge in [-0.1, -0.05) is 32.9 Å². The number of hydrogen-bond acceptors (Lipinski definition) is 3. The van der Waals surface area contributed by atoms with Gasteiger partial charge in [0, 0.05) is 15.9 Å². The number of thioether (sulfide) groups is 1. The summed E-state index contributed by atoms with van der Waals surface area (Å²) in [6.45, 7) is 6.42. The van der Waals surface area contributed by atoms with Gasteiger partial charge in [0.1, 0.15) is 5.76 Å². The smallest absolute Gasteiger partial charge is 0.169 e. The molecule has 1 aromatic heterocycles. The van der Waals surface area contributed by atoms with Crippen molar-refractivity contribution in [3.8, 4) is 0 Å². The van der Waals surface area contributed by atoms with Crippen LogP contribution in [0, 0.1) is 5.82 Å².